The summed E-state index contributed by atoms with van der Waals surface area (Å²) in [6.45, 7) is 9.27. The molecule has 6 nitrogen and oxygen atoms in total. The van der Waals surface area contributed by atoms with Crippen LogP contribution in [0.2, 0.25) is 0 Å². The van der Waals surface area contributed by atoms with Crippen molar-refractivity contribution in [3.63, 3.8) is 0 Å². The highest BCUT2D eigenvalue weighted by molar-refractivity contribution is 7.99. The van der Waals surface area contributed by atoms with Crippen LogP contribution in [-0.2, 0) is 24.4 Å². The summed E-state index contributed by atoms with van der Waals surface area (Å²) in [5.74, 6) is 1.79. The smallest absolute Gasteiger partial charge is 0.234 e. The minimum absolute atomic E-state index is 0.0667. The fraction of sp³-hybridized carbons (Fsp3) is 0.348. The number of anilines is 1. The minimum atomic E-state index is -0.0667. The Morgan fingerprint density at radius 3 is 2.53 bits per heavy atom. The summed E-state index contributed by atoms with van der Waals surface area (Å²) in [5, 5.41) is 12.2. The van der Waals surface area contributed by atoms with Gasteiger partial charge in [-0.15, -0.1) is 10.2 Å². The number of aromatic nitrogens is 3. The van der Waals surface area contributed by atoms with E-state index in [2.05, 4.69) is 35.4 Å². The monoisotopic (exact) mass is 424 g/mol. The number of amides is 1. The molecular weight excluding hydrogens is 396 g/mol. The summed E-state index contributed by atoms with van der Waals surface area (Å²) in [4.78, 5) is 12.3. The van der Waals surface area contributed by atoms with E-state index in [-0.39, 0.29) is 11.7 Å². The first kappa shape index (κ1) is 21.9. The van der Waals surface area contributed by atoms with E-state index in [1.807, 2.05) is 54.8 Å². The van der Waals surface area contributed by atoms with Gasteiger partial charge in [-0.1, -0.05) is 48.5 Å². The Kier molecular flexibility index (Phi) is 7.52. The molecule has 7 heteroatoms. The van der Waals surface area contributed by atoms with Crippen molar-refractivity contribution >= 4 is 23.4 Å². The lowest BCUT2D eigenvalue weighted by Gasteiger charge is -2.11. The quantitative estimate of drug-likeness (QED) is 0.500. The molecule has 0 aliphatic heterocycles. The second kappa shape index (κ2) is 10.3. The molecule has 158 valence electrons. The summed E-state index contributed by atoms with van der Waals surface area (Å²) in [5.41, 5.74) is 4.34. The van der Waals surface area contributed by atoms with Crippen molar-refractivity contribution in [2.24, 2.45) is 0 Å². The molecule has 0 unspecified atom stereocenters. The number of rotatable bonds is 9. The number of carbonyl (C=O) groups excluding carboxylic acids is 1. The zero-order valence-corrected chi connectivity index (χ0v) is 18.8. The van der Waals surface area contributed by atoms with Gasteiger partial charge in [0, 0.05) is 12.2 Å². The Morgan fingerprint density at radius 2 is 1.87 bits per heavy atom. The molecule has 1 aromatic heterocycles. The van der Waals surface area contributed by atoms with E-state index in [0.717, 1.165) is 29.2 Å². The van der Waals surface area contributed by atoms with Gasteiger partial charge in [-0.25, -0.2) is 0 Å². The van der Waals surface area contributed by atoms with Gasteiger partial charge in [-0.05, 0) is 56.5 Å². The molecule has 3 rings (SSSR count). The van der Waals surface area contributed by atoms with Crippen molar-refractivity contribution in [1.82, 2.24) is 14.8 Å². The van der Waals surface area contributed by atoms with Crippen molar-refractivity contribution < 1.29 is 9.53 Å². The number of thioether (sulfide) groups is 1. The molecule has 0 bridgehead atoms. The number of hydrogen-bond donors (Lipinski definition) is 1. The normalized spacial score (nSPS) is 10.8. The van der Waals surface area contributed by atoms with E-state index in [4.69, 9.17) is 4.74 Å². The molecule has 30 heavy (non-hydrogen) atoms. The van der Waals surface area contributed by atoms with Gasteiger partial charge < -0.3 is 14.6 Å². The number of carbonyl (C=O) groups is 1. The minimum Gasteiger partial charge on any atom is -0.485 e. The van der Waals surface area contributed by atoms with E-state index in [0.29, 0.717) is 18.3 Å². The van der Waals surface area contributed by atoms with Crippen LogP contribution >= 0.6 is 11.8 Å². The number of hydrogen-bond acceptors (Lipinski definition) is 5. The molecule has 0 atom stereocenters. The van der Waals surface area contributed by atoms with Gasteiger partial charge >= 0.3 is 0 Å². The highest BCUT2D eigenvalue weighted by Crippen LogP contribution is 2.22. The van der Waals surface area contributed by atoms with Crippen molar-refractivity contribution in [3.05, 3.63) is 65.0 Å². The predicted molar refractivity (Wildman–Crippen MR) is 121 cm³/mol. The molecule has 1 heterocycles. The number of ether oxygens (including phenoxy) is 1. The van der Waals surface area contributed by atoms with Gasteiger partial charge in [0.2, 0.25) is 5.91 Å². The molecule has 1 amide bonds. The number of aryl methyl sites for hydroxylation is 3. The Balaban J connectivity index is 1.57. The predicted octanol–water partition coefficient (Wildman–Crippen LogP) is 4.79. The van der Waals surface area contributed by atoms with Crippen LogP contribution in [0.5, 0.6) is 5.75 Å². The highest BCUT2D eigenvalue weighted by Gasteiger charge is 2.14. The molecule has 3 aromatic rings. The van der Waals surface area contributed by atoms with Crippen LogP contribution in [0, 0.1) is 13.8 Å². The van der Waals surface area contributed by atoms with Crippen molar-refractivity contribution in [2.75, 3.05) is 11.1 Å². The third kappa shape index (κ3) is 5.63. The number of benzene rings is 2. The second-order valence-electron chi connectivity index (χ2n) is 7.09. The lowest BCUT2D eigenvalue weighted by atomic mass is 10.1. The maximum Gasteiger partial charge on any atom is 0.234 e. The lowest BCUT2D eigenvalue weighted by Crippen LogP contribution is -2.15. The Morgan fingerprint density at radius 1 is 1.10 bits per heavy atom. The van der Waals surface area contributed by atoms with Crippen LogP contribution < -0.4 is 10.1 Å². The van der Waals surface area contributed by atoms with E-state index >= 15 is 0 Å². The van der Waals surface area contributed by atoms with Crippen LogP contribution in [0.4, 0.5) is 5.69 Å². The molecule has 2 aromatic carbocycles. The second-order valence-corrected chi connectivity index (χ2v) is 8.03. The molecule has 1 N–H and O–H groups in total. The lowest BCUT2D eigenvalue weighted by molar-refractivity contribution is -0.113. The van der Waals surface area contributed by atoms with Gasteiger partial charge in [-0.3, -0.25) is 4.79 Å². The average Bonchev–Trinajstić information content (AvgIpc) is 3.14. The van der Waals surface area contributed by atoms with E-state index in [1.165, 1.54) is 22.9 Å². The van der Waals surface area contributed by atoms with Gasteiger partial charge in [0.1, 0.15) is 12.4 Å². The van der Waals surface area contributed by atoms with Crippen molar-refractivity contribution in [3.8, 4) is 5.75 Å². The van der Waals surface area contributed by atoms with E-state index in [9.17, 15) is 4.79 Å². The fourth-order valence-corrected chi connectivity index (χ4v) is 3.93. The number of nitrogens with one attached hydrogen (secondary N) is 1. The topological polar surface area (TPSA) is 69.0 Å². The van der Waals surface area contributed by atoms with Crippen LogP contribution in [-0.4, -0.2) is 26.4 Å². The highest BCUT2D eigenvalue weighted by atomic mass is 32.2. The SMILES string of the molecule is CCc1ccc(NC(=O)CSc2nnc(COc3ccc(C)cc3C)n2CC)cc1. The zero-order chi connectivity index (χ0) is 21.5. The summed E-state index contributed by atoms with van der Waals surface area (Å²) in [6, 6.07) is 14.0. The Labute approximate surface area is 182 Å². The maximum absolute atomic E-state index is 12.3. The van der Waals surface area contributed by atoms with Crippen LogP contribution in [0.1, 0.15) is 36.4 Å². The molecule has 0 fully saturated rings. The van der Waals surface area contributed by atoms with Crippen LogP contribution in [0.15, 0.2) is 47.6 Å². The molecular formula is C23H28N4O2S. The molecule has 0 saturated heterocycles. The van der Waals surface area contributed by atoms with E-state index < -0.39 is 0 Å². The molecule has 0 aliphatic carbocycles. The van der Waals surface area contributed by atoms with Crippen molar-refractivity contribution in [1.29, 1.82) is 0 Å². The Bertz CT molecular complexity index is 999. The van der Waals surface area contributed by atoms with Crippen molar-refractivity contribution in [2.45, 2.75) is 52.4 Å². The Hall–Kier alpha value is -2.80. The first-order chi connectivity index (χ1) is 14.5. The van der Waals surface area contributed by atoms with E-state index in [1.54, 1.807) is 0 Å². The number of nitrogens with zero attached hydrogens (tertiary/aromatic N) is 3. The zero-order valence-electron chi connectivity index (χ0n) is 17.9. The maximum atomic E-state index is 12.3. The van der Waals surface area contributed by atoms with Crippen LogP contribution in [0.3, 0.4) is 0 Å². The fourth-order valence-electron chi connectivity index (χ4n) is 3.10. The van der Waals surface area contributed by atoms with Crippen LogP contribution in [0.25, 0.3) is 0 Å². The summed E-state index contributed by atoms with van der Waals surface area (Å²) < 4.78 is 7.93. The summed E-state index contributed by atoms with van der Waals surface area (Å²) >= 11 is 1.38. The van der Waals surface area contributed by atoms with Gasteiger partial charge in [-0.2, -0.15) is 0 Å². The third-order valence-electron chi connectivity index (χ3n) is 4.78. The van der Waals surface area contributed by atoms with Gasteiger partial charge in [0.15, 0.2) is 11.0 Å². The van der Waals surface area contributed by atoms with Gasteiger partial charge in [0.05, 0.1) is 5.75 Å². The molecule has 0 aliphatic rings. The third-order valence-corrected chi connectivity index (χ3v) is 5.74. The molecule has 0 spiro atoms. The summed E-state index contributed by atoms with van der Waals surface area (Å²) in [6.07, 6.45) is 0.978. The molecule has 0 radical (unpaired) electrons. The van der Waals surface area contributed by atoms with Gasteiger partial charge in [0.25, 0.3) is 0 Å². The average molecular weight is 425 g/mol. The standard InChI is InChI=1S/C23H28N4O2S/c1-5-18-8-10-19(11-9-18)24-22(28)15-30-23-26-25-21(27(23)6-2)14-29-20-12-7-16(3)13-17(20)4/h7-13H,5-6,14-15H2,1-4H3,(H,24,28). The first-order valence-corrected chi connectivity index (χ1v) is 11.1. The molecule has 0 saturated carbocycles. The largest absolute Gasteiger partial charge is 0.485 e. The summed E-state index contributed by atoms with van der Waals surface area (Å²) in [7, 11) is 0. The first-order valence-electron chi connectivity index (χ1n) is 10.1.